The second kappa shape index (κ2) is 8.44. The summed E-state index contributed by atoms with van der Waals surface area (Å²) in [5, 5.41) is 21.0. The summed E-state index contributed by atoms with van der Waals surface area (Å²) in [6.07, 6.45) is 0. The van der Waals surface area contributed by atoms with Crippen LogP contribution in [0.3, 0.4) is 0 Å². The Morgan fingerprint density at radius 1 is 1.03 bits per heavy atom. The van der Waals surface area contributed by atoms with Crippen LogP contribution in [0.25, 0.3) is 11.4 Å². The van der Waals surface area contributed by atoms with Gasteiger partial charge < -0.3 is 15.7 Å². The van der Waals surface area contributed by atoms with E-state index >= 15 is 0 Å². The molecule has 164 valence electrons. The average Bonchev–Trinajstić information content (AvgIpc) is 3.23. The van der Waals surface area contributed by atoms with E-state index in [4.69, 9.17) is 16.7 Å². The molecule has 1 unspecified atom stereocenters. The predicted octanol–water partition coefficient (Wildman–Crippen LogP) is 5.23. The number of rotatable bonds is 4. The Bertz CT molecular complexity index is 1360. The van der Waals surface area contributed by atoms with E-state index in [1.807, 2.05) is 55.5 Å². The van der Waals surface area contributed by atoms with Crippen molar-refractivity contribution in [2.45, 2.75) is 13.0 Å². The van der Waals surface area contributed by atoms with Crippen LogP contribution in [0, 0.1) is 0 Å². The third-order valence-corrected chi connectivity index (χ3v) is 5.80. The number of allylic oxidation sites excluding steroid dienone is 1. The van der Waals surface area contributed by atoms with Crippen molar-refractivity contribution < 1.29 is 9.90 Å². The maximum atomic E-state index is 13.5. The molecule has 2 heterocycles. The van der Waals surface area contributed by atoms with Crippen molar-refractivity contribution in [1.82, 2.24) is 14.8 Å². The summed E-state index contributed by atoms with van der Waals surface area (Å²) in [5.74, 6) is 0.861. The molecule has 0 bridgehead atoms. The number of carbonyl (C=O) groups is 1. The number of hydrogen-bond acceptors (Lipinski definition) is 5. The van der Waals surface area contributed by atoms with Crippen LogP contribution in [0.1, 0.15) is 18.5 Å². The fourth-order valence-electron chi connectivity index (χ4n) is 3.88. The van der Waals surface area contributed by atoms with Gasteiger partial charge >= 0.3 is 0 Å². The zero-order valence-corrected chi connectivity index (χ0v) is 18.4. The highest BCUT2D eigenvalue weighted by molar-refractivity contribution is 6.31. The van der Waals surface area contributed by atoms with E-state index in [9.17, 15) is 9.90 Å². The lowest BCUT2D eigenvalue weighted by Gasteiger charge is -2.29. The normalized spacial score (nSPS) is 15.0. The molecule has 5 rings (SSSR count). The van der Waals surface area contributed by atoms with Crippen molar-refractivity contribution >= 4 is 29.1 Å². The number of phenols is 1. The molecule has 8 heteroatoms. The molecule has 0 saturated carbocycles. The molecule has 0 radical (unpaired) electrons. The number of fused-ring (bicyclic) bond motifs is 1. The number of carbonyl (C=O) groups excluding carboxylic acids is 1. The third-order valence-electron chi connectivity index (χ3n) is 5.45. The van der Waals surface area contributed by atoms with Gasteiger partial charge in [0.15, 0.2) is 5.82 Å². The van der Waals surface area contributed by atoms with Gasteiger partial charge in [-0.15, -0.1) is 5.10 Å². The number of nitrogens with one attached hydrogen (secondary N) is 2. The second-order valence-corrected chi connectivity index (χ2v) is 8.07. The van der Waals surface area contributed by atoms with Gasteiger partial charge in [-0.1, -0.05) is 48.0 Å². The number of aromatic hydroxyl groups is 1. The minimum Gasteiger partial charge on any atom is -0.508 e. The number of hydrogen-bond donors (Lipinski definition) is 3. The predicted molar refractivity (Wildman–Crippen MR) is 128 cm³/mol. The summed E-state index contributed by atoms with van der Waals surface area (Å²) in [6.45, 7) is 1.84. The van der Waals surface area contributed by atoms with E-state index in [1.165, 1.54) is 0 Å². The average molecular weight is 458 g/mol. The SMILES string of the molecule is CC1=C(C(=O)Nc2ccccc2)C(c2ccccc2Cl)n2nc(-c3ccc(O)cc3)nc2N1. The lowest BCUT2D eigenvalue weighted by atomic mass is 9.95. The lowest BCUT2D eigenvalue weighted by Crippen LogP contribution is -2.31. The van der Waals surface area contributed by atoms with E-state index in [0.717, 1.165) is 11.1 Å². The monoisotopic (exact) mass is 457 g/mol. The first-order chi connectivity index (χ1) is 16.0. The Labute approximate surface area is 195 Å². The summed E-state index contributed by atoms with van der Waals surface area (Å²) in [6, 6.07) is 22.7. The molecular weight excluding hydrogens is 438 g/mol. The van der Waals surface area contributed by atoms with Crippen LogP contribution in [0.15, 0.2) is 90.1 Å². The summed E-state index contributed by atoms with van der Waals surface area (Å²) in [7, 11) is 0. The number of anilines is 2. The number of para-hydroxylation sites is 1. The molecule has 4 aromatic rings. The summed E-state index contributed by atoms with van der Waals surface area (Å²) in [4.78, 5) is 18.1. The molecule has 0 spiro atoms. The first-order valence-electron chi connectivity index (χ1n) is 10.4. The van der Waals surface area contributed by atoms with Gasteiger partial charge in [0.25, 0.3) is 5.91 Å². The fourth-order valence-corrected chi connectivity index (χ4v) is 4.12. The van der Waals surface area contributed by atoms with Crippen molar-refractivity contribution in [3.8, 4) is 17.1 Å². The van der Waals surface area contributed by atoms with Gasteiger partial charge in [0.2, 0.25) is 5.95 Å². The molecule has 1 aliphatic heterocycles. The largest absolute Gasteiger partial charge is 0.508 e. The van der Waals surface area contributed by atoms with Crippen LogP contribution in [0.4, 0.5) is 11.6 Å². The second-order valence-electron chi connectivity index (χ2n) is 7.66. The standard InChI is InChI=1S/C25H20ClN5O2/c1-15-21(24(33)28-17-7-3-2-4-8-17)22(19-9-5-6-10-20(19)26)31-25(27-15)29-23(30-31)16-11-13-18(32)14-12-16/h2-14,22,32H,1H3,(H,28,33)(H,27,29,30). The van der Waals surface area contributed by atoms with Crippen LogP contribution in [-0.2, 0) is 4.79 Å². The van der Waals surface area contributed by atoms with Crippen molar-refractivity contribution in [3.63, 3.8) is 0 Å². The number of benzene rings is 3. The zero-order valence-electron chi connectivity index (χ0n) is 17.7. The highest BCUT2D eigenvalue weighted by Crippen LogP contribution is 2.39. The molecule has 3 N–H and O–H groups in total. The third kappa shape index (κ3) is 3.94. The van der Waals surface area contributed by atoms with Crippen LogP contribution in [0.5, 0.6) is 5.75 Å². The number of amides is 1. The van der Waals surface area contributed by atoms with Gasteiger partial charge in [0.1, 0.15) is 11.8 Å². The highest BCUT2D eigenvalue weighted by Gasteiger charge is 2.35. The molecule has 1 atom stereocenters. The summed E-state index contributed by atoms with van der Waals surface area (Å²) >= 11 is 6.58. The van der Waals surface area contributed by atoms with Crippen LogP contribution in [0.2, 0.25) is 5.02 Å². The minimum absolute atomic E-state index is 0.159. The quantitative estimate of drug-likeness (QED) is 0.390. The molecule has 3 aromatic carbocycles. The van der Waals surface area contributed by atoms with Gasteiger partial charge in [-0.3, -0.25) is 4.79 Å². The van der Waals surface area contributed by atoms with Gasteiger partial charge in [-0.05, 0) is 49.4 Å². The van der Waals surface area contributed by atoms with Gasteiger partial charge in [-0.2, -0.15) is 4.98 Å². The van der Waals surface area contributed by atoms with Crippen molar-refractivity contribution in [2.75, 3.05) is 10.6 Å². The highest BCUT2D eigenvalue weighted by atomic mass is 35.5. The van der Waals surface area contributed by atoms with E-state index in [1.54, 1.807) is 35.0 Å². The van der Waals surface area contributed by atoms with Crippen molar-refractivity contribution in [1.29, 1.82) is 0 Å². The molecule has 7 nitrogen and oxygen atoms in total. The summed E-state index contributed by atoms with van der Waals surface area (Å²) < 4.78 is 1.68. The van der Waals surface area contributed by atoms with Gasteiger partial charge in [-0.25, -0.2) is 4.68 Å². The molecule has 0 fully saturated rings. The Balaban J connectivity index is 1.62. The maximum Gasteiger partial charge on any atom is 0.255 e. The van der Waals surface area contributed by atoms with Gasteiger partial charge in [0.05, 0.1) is 5.57 Å². The zero-order chi connectivity index (χ0) is 22.9. The number of nitrogens with zero attached hydrogens (tertiary/aromatic N) is 3. The Morgan fingerprint density at radius 2 is 1.73 bits per heavy atom. The smallest absolute Gasteiger partial charge is 0.255 e. The lowest BCUT2D eigenvalue weighted by molar-refractivity contribution is -0.113. The first kappa shape index (κ1) is 20.8. The van der Waals surface area contributed by atoms with E-state index in [0.29, 0.717) is 33.8 Å². The van der Waals surface area contributed by atoms with Gasteiger partial charge in [0, 0.05) is 27.5 Å². The molecule has 33 heavy (non-hydrogen) atoms. The molecule has 1 aliphatic rings. The van der Waals surface area contributed by atoms with E-state index in [-0.39, 0.29) is 11.7 Å². The first-order valence-corrected chi connectivity index (χ1v) is 10.7. The molecule has 1 aromatic heterocycles. The molecule has 0 saturated heterocycles. The Kier molecular flexibility index (Phi) is 5.32. The number of phenolic OH excluding ortho intramolecular Hbond substituents is 1. The topological polar surface area (TPSA) is 92.1 Å². The number of halogens is 1. The number of aromatic nitrogens is 3. The fraction of sp³-hybridized carbons (Fsp3) is 0.0800. The molecule has 0 aliphatic carbocycles. The maximum absolute atomic E-state index is 13.5. The van der Waals surface area contributed by atoms with Crippen LogP contribution in [-0.4, -0.2) is 25.8 Å². The summed E-state index contributed by atoms with van der Waals surface area (Å²) in [5.41, 5.74) is 3.31. The Hall–Kier alpha value is -4.10. The molecule has 1 amide bonds. The molecular formula is C25H20ClN5O2. The van der Waals surface area contributed by atoms with Crippen LogP contribution >= 0.6 is 11.6 Å². The van der Waals surface area contributed by atoms with Crippen molar-refractivity contribution in [2.24, 2.45) is 0 Å². The Morgan fingerprint density at radius 3 is 2.45 bits per heavy atom. The minimum atomic E-state index is -0.586. The van der Waals surface area contributed by atoms with Crippen LogP contribution < -0.4 is 10.6 Å². The van der Waals surface area contributed by atoms with E-state index in [2.05, 4.69) is 15.6 Å². The van der Waals surface area contributed by atoms with Crippen molar-refractivity contribution in [3.05, 3.63) is 101 Å². The van der Waals surface area contributed by atoms with E-state index < -0.39 is 6.04 Å².